The molecule has 0 aliphatic heterocycles. The summed E-state index contributed by atoms with van der Waals surface area (Å²) in [4.78, 5) is 0. The van der Waals surface area contributed by atoms with Gasteiger partial charge in [-0.15, -0.1) is 9.46 Å². The van der Waals surface area contributed by atoms with E-state index < -0.39 is 0 Å². The summed E-state index contributed by atoms with van der Waals surface area (Å²) in [5.74, 6) is 0.126. The van der Waals surface area contributed by atoms with Gasteiger partial charge in [-0.3, -0.25) is 0 Å². The molecule has 2 aromatic heterocycles. The van der Waals surface area contributed by atoms with E-state index in [1.165, 1.54) is 24.5 Å². The zero-order chi connectivity index (χ0) is 10.7. The van der Waals surface area contributed by atoms with E-state index in [1.54, 1.807) is 24.3 Å². The second-order valence-electron chi connectivity index (χ2n) is 2.83. The fourth-order valence-electron chi connectivity index (χ4n) is 1.09. The van der Waals surface area contributed by atoms with Gasteiger partial charge in [0.15, 0.2) is 12.4 Å². The summed E-state index contributed by atoms with van der Waals surface area (Å²) in [5, 5.41) is 22.4. The topological polar surface area (TPSA) is 63.1 Å². The largest absolute Gasteiger partial charge is 0.616 e. The maximum absolute atomic E-state index is 11.2. The van der Waals surface area contributed by atoms with Crippen LogP contribution in [0.15, 0.2) is 48.8 Å². The molecular weight excluding hydrogens is 196 g/mol. The van der Waals surface area contributed by atoms with Crippen LogP contribution in [0.2, 0.25) is 0 Å². The Kier molecular flexibility index (Phi) is 2.37. The highest BCUT2D eigenvalue weighted by Gasteiger charge is 2.11. The van der Waals surface area contributed by atoms with E-state index in [9.17, 15) is 10.4 Å². The lowest BCUT2D eigenvalue weighted by atomic mass is 10.5. The first-order valence-corrected chi connectivity index (χ1v) is 4.31. The Morgan fingerprint density at radius 2 is 1.27 bits per heavy atom. The number of rotatable bonds is 2. The molecule has 0 N–H and O–H groups in total. The van der Waals surface area contributed by atoms with Crippen LogP contribution in [0.4, 0.5) is 0 Å². The molecule has 76 valence electrons. The lowest BCUT2D eigenvalue weighted by molar-refractivity contribution is -0.633. The van der Waals surface area contributed by atoms with Crippen molar-refractivity contribution in [3.8, 4) is 11.8 Å². The van der Waals surface area contributed by atoms with Gasteiger partial charge >= 0.3 is 11.8 Å². The summed E-state index contributed by atoms with van der Waals surface area (Å²) in [6.07, 6.45) is 2.60. The Labute approximate surface area is 86.0 Å². The number of nitrogens with zero attached hydrogens (tertiary/aromatic N) is 2. The van der Waals surface area contributed by atoms with Crippen molar-refractivity contribution in [2.45, 2.75) is 0 Å². The van der Waals surface area contributed by atoms with Crippen molar-refractivity contribution >= 4 is 0 Å². The first-order chi connectivity index (χ1) is 7.27. The van der Waals surface area contributed by atoms with Crippen LogP contribution in [0.25, 0.3) is 0 Å². The first kappa shape index (κ1) is 9.26. The minimum Gasteiger partial charge on any atom is -0.616 e. The van der Waals surface area contributed by atoms with Gasteiger partial charge < -0.3 is 15.2 Å². The summed E-state index contributed by atoms with van der Waals surface area (Å²) in [5.41, 5.74) is 0. The van der Waals surface area contributed by atoms with Crippen molar-refractivity contribution in [2.75, 3.05) is 0 Å². The van der Waals surface area contributed by atoms with Gasteiger partial charge in [0.05, 0.1) is 12.1 Å². The number of aromatic nitrogens is 2. The average molecular weight is 204 g/mol. The molecule has 2 aromatic rings. The van der Waals surface area contributed by atoms with Crippen LogP contribution in [0.5, 0.6) is 11.8 Å². The van der Waals surface area contributed by atoms with Crippen molar-refractivity contribution in [1.29, 1.82) is 0 Å². The summed E-state index contributed by atoms with van der Waals surface area (Å²) in [6, 6.07) is 9.44. The first-order valence-electron chi connectivity index (χ1n) is 4.31. The molecule has 0 saturated heterocycles. The Morgan fingerprint density at radius 3 is 1.67 bits per heavy atom. The normalized spacial score (nSPS) is 9.87. The zero-order valence-corrected chi connectivity index (χ0v) is 7.74. The van der Waals surface area contributed by atoms with E-state index in [0.717, 1.165) is 0 Å². The van der Waals surface area contributed by atoms with Gasteiger partial charge in [-0.25, -0.2) is 0 Å². The molecule has 5 nitrogen and oxygen atoms in total. The minimum absolute atomic E-state index is 0.0632. The molecule has 5 heteroatoms. The van der Waals surface area contributed by atoms with Crippen LogP contribution in [-0.2, 0) is 0 Å². The van der Waals surface area contributed by atoms with E-state index in [0.29, 0.717) is 9.46 Å². The van der Waals surface area contributed by atoms with Gasteiger partial charge in [0.2, 0.25) is 0 Å². The van der Waals surface area contributed by atoms with Crippen molar-refractivity contribution in [3.05, 3.63) is 59.2 Å². The monoisotopic (exact) mass is 204 g/mol. The smallest absolute Gasteiger partial charge is 0.389 e. The molecule has 15 heavy (non-hydrogen) atoms. The lowest BCUT2D eigenvalue weighted by Crippen LogP contribution is -2.31. The highest BCUT2D eigenvalue weighted by molar-refractivity contribution is 5.12. The summed E-state index contributed by atoms with van der Waals surface area (Å²) in [7, 11) is 0. The molecule has 0 bridgehead atoms. The molecule has 2 heterocycles. The highest BCUT2D eigenvalue weighted by atomic mass is 16.6. The van der Waals surface area contributed by atoms with E-state index >= 15 is 0 Å². The predicted octanol–water partition coefficient (Wildman–Crippen LogP) is 0.746. The van der Waals surface area contributed by atoms with E-state index in [-0.39, 0.29) is 11.8 Å². The second kappa shape index (κ2) is 3.83. The van der Waals surface area contributed by atoms with Crippen LogP contribution < -0.4 is 14.2 Å². The summed E-state index contributed by atoms with van der Waals surface area (Å²) < 4.78 is 6.24. The number of hydrogen-bond donors (Lipinski definition) is 0. The molecule has 0 fully saturated rings. The van der Waals surface area contributed by atoms with E-state index in [2.05, 4.69) is 0 Å². The van der Waals surface area contributed by atoms with Crippen LogP contribution in [0.3, 0.4) is 0 Å². The third kappa shape index (κ3) is 1.96. The van der Waals surface area contributed by atoms with Gasteiger partial charge in [0.25, 0.3) is 0 Å². The molecule has 2 rings (SSSR count). The average Bonchev–Trinajstić information content (AvgIpc) is 2.24. The van der Waals surface area contributed by atoms with Crippen molar-refractivity contribution in [2.24, 2.45) is 0 Å². The Hall–Kier alpha value is -2.30. The fraction of sp³-hybridized carbons (Fsp3) is 0. The lowest BCUT2D eigenvalue weighted by Gasteiger charge is -2.04. The standard InChI is InChI=1S/C10H8N2O3/c13-11-7-3-1-5-9(11)15-10-6-2-4-8-12(10)14/h1-8H. The summed E-state index contributed by atoms with van der Waals surface area (Å²) >= 11 is 0. The molecule has 0 saturated carbocycles. The number of ether oxygens (including phenoxy) is 1. The SMILES string of the molecule is [O-][n+]1ccccc1Oc1cccc[n+]1[O-]. The van der Waals surface area contributed by atoms with Gasteiger partial charge in [-0.05, 0) is 12.1 Å². The summed E-state index contributed by atoms with van der Waals surface area (Å²) in [6.45, 7) is 0. The van der Waals surface area contributed by atoms with Crippen molar-refractivity contribution in [3.63, 3.8) is 0 Å². The second-order valence-corrected chi connectivity index (χ2v) is 2.83. The third-order valence-corrected chi connectivity index (χ3v) is 1.79. The fourth-order valence-corrected chi connectivity index (χ4v) is 1.09. The maximum atomic E-state index is 11.2. The zero-order valence-electron chi connectivity index (χ0n) is 7.74. The van der Waals surface area contributed by atoms with Gasteiger partial charge in [0, 0.05) is 12.1 Å². The van der Waals surface area contributed by atoms with Crippen molar-refractivity contribution in [1.82, 2.24) is 0 Å². The van der Waals surface area contributed by atoms with Crippen LogP contribution in [0, 0.1) is 10.4 Å². The molecule has 0 aliphatic carbocycles. The molecule has 0 amide bonds. The quantitative estimate of drug-likeness (QED) is 0.535. The predicted molar refractivity (Wildman–Crippen MR) is 50.9 cm³/mol. The number of hydrogen-bond acceptors (Lipinski definition) is 3. The van der Waals surface area contributed by atoms with E-state index in [1.807, 2.05) is 0 Å². The third-order valence-electron chi connectivity index (χ3n) is 1.79. The molecular formula is C10H8N2O3. The molecule has 0 spiro atoms. The minimum atomic E-state index is 0.0632. The van der Waals surface area contributed by atoms with Crippen LogP contribution in [0.1, 0.15) is 0 Å². The molecule has 0 radical (unpaired) electrons. The van der Waals surface area contributed by atoms with Gasteiger partial charge in [-0.2, -0.15) is 0 Å². The highest BCUT2D eigenvalue weighted by Crippen LogP contribution is 2.11. The Balaban J connectivity index is 2.30. The Bertz CT molecular complexity index is 430. The number of pyridine rings is 2. The van der Waals surface area contributed by atoms with Crippen molar-refractivity contribution < 1.29 is 14.2 Å². The maximum Gasteiger partial charge on any atom is 0.389 e. The molecule has 0 atom stereocenters. The van der Waals surface area contributed by atoms with E-state index in [4.69, 9.17) is 4.74 Å². The van der Waals surface area contributed by atoms with Gasteiger partial charge in [-0.1, -0.05) is 0 Å². The van der Waals surface area contributed by atoms with Crippen LogP contribution in [-0.4, -0.2) is 0 Å². The molecule has 0 aromatic carbocycles. The molecule has 0 aliphatic rings. The van der Waals surface area contributed by atoms with Crippen LogP contribution >= 0.6 is 0 Å². The Morgan fingerprint density at radius 1 is 0.800 bits per heavy atom. The van der Waals surface area contributed by atoms with Gasteiger partial charge in [0.1, 0.15) is 0 Å². The molecule has 0 unspecified atom stereocenters.